The second kappa shape index (κ2) is 5.75. The molecule has 0 bridgehead atoms. The predicted octanol–water partition coefficient (Wildman–Crippen LogP) is 2.83. The van der Waals surface area contributed by atoms with Crippen molar-refractivity contribution < 1.29 is 14.7 Å². The fourth-order valence-corrected chi connectivity index (χ4v) is 2.12. The summed E-state index contributed by atoms with van der Waals surface area (Å²) in [5, 5.41) is 11.8. The van der Waals surface area contributed by atoms with Gasteiger partial charge in [-0.15, -0.1) is 0 Å². The van der Waals surface area contributed by atoms with Gasteiger partial charge < -0.3 is 15.3 Å². The molecule has 2 N–H and O–H groups in total. The molecule has 1 aliphatic rings. The summed E-state index contributed by atoms with van der Waals surface area (Å²) in [4.78, 5) is 24.7. The third kappa shape index (κ3) is 3.06. The highest BCUT2D eigenvalue weighted by atomic mass is 35.5. The van der Waals surface area contributed by atoms with E-state index in [1.165, 1.54) is 12.1 Å². The molecule has 1 aromatic rings. The zero-order chi connectivity index (χ0) is 13.8. The number of nitrogens with one attached hydrogen (secondary N) is 1. The Bertz CT molecular complexity index is 543. The third-order valence-corrected chi connectivity index (χ3v) is 3.13. The van der Waals surface area contributed by atoms with Crippen LogP contribution in [0.3, 0.4) is 0 Å². The van der Waals surface area contributed by atoms with Crippen LogP contribution < -0.4 is 5.32 Å². The Morgan fingerprint density at radius 2 is 2.11 bits per heavy atom. The maximum atomic E-state index is 12.0. The van der Waals surface area contributed by atoms with E-state index < -0.39 is 5.97 Å². The first-order valence-electron chi connectivity index (χ1n) is 5.82. The SMILES string of the molecule is O=C(O)c1c(Cl)cccc1NC(=O)N1CC=CCC1. The van der Waals surface area contributed by atoms with Crippen LogP contribution in [0.4, 0.5) is 10.5 Å². The molecule has 6 heteroatoms. The second-order valence-electron chi connectivity index (χ2n) is 4.10. The minimum Gasteiger partial charge on any atom is -0.478 e. The van der Waals surface area contributed by atoms with Crippen molar-refractivity contribution in [3.05, 3.63) is 40.9 Å². The van der Waals surface area contributed by atoms with Crippen LogP contribution in [0.1, 0.15) is 16.8 Å². The van der Waals surface area contributed by atoms with Crippen LogP contribution in [-0.2, 0) is 0 Å². The highest BCUT2D eigenvalue weighted by Gasteiger charge is 2.19. The summed E-state index contributed by atoms with van der Waals surface area (Å²) in [5.74, 6) is -1.17. The Morgan fingerprint density at radius 1 is 1.32 bits per heavy atom. The fourth-order valence-electron chi connectivity index (χ4n) is 1.87. The molecule has 0 aliphatic carbocycles. The number of benzene rings is 1. The highest BCUT2D eigenvalue weighted by Crippen LogP contribution is 2.24. The molecule has 1 aliphatic heterocycles. The molecule has 0 saturated carbocycles. The largest absolute Gasteiger partial charge is 0.478 e. The first-order chi connectivity index (χ1) is 9.09. The Labute approximate surface area is 115 Å². The molecule has 1 aromatic carbocycles. The number of rotatable bonds is 2. The number of urea groups is 1. The minimum absolute atomic E-state index is 0.0925. The van der Waals surface area contributed by atoms with Gasteiger partial charge in [0.25, 0.3) is 0 Å². The molecular formula is C13H13ClN2O3. The van der Waals surface area contributed by atoms with Gasteiger partial charge in [0.2, 0.25) is 0 Å². The van der Waals surface area contributed by atoms with Gasteiger partial charge in [0, 0.05) is 13.1 Å². The number of carboxylic acids is 1. The summed E-state index contributed by atoms with van der Waals surface area (Å²) in [7, 11) is 0. The number of amides is 2. The van der Waals surface area contributed by atoms with Crippen molar-refractivity contribution in [1.82, 2.24) is 4.90 Å². The maximum Gasteiger partial charge on any atom is 0.339 e. The Kier molecular flexibility index (Phi) is 4.06. The number of anilines is 1. The van der Waals surface area contributed by atoms with Gasteiger partial charge in [-0.2, -0.15) is 0 Å². The molecule has 19 heavy (non-hydrogen) atoms. The van der Waals surface area contributed by atoms with Gasteiger partial charge in [-0.05, 0) is 18.6 Å². The lowest BCUT2D eigenvalue weighted by Crippen LogP contribution is -2.37. The molecule has 2 amide bonds. The van der Waals surface area contributed by atoms with Gasteiger partial charge in [-0.25, -0.2) is 9.59 Å². The lowest BCUT2D eigenvalue weighted by molar-refractivity contribution is 0.0698. The summed E-state index contributed by atoms with van der Waals surface area (Å²) in [5.41, 5.74) is 0.115. The van der Waals surface area contributed by atoms with Gasteiger partial charge >= 0.3 is 12.0 Å². The monoisotopic (exact) mass is 280 g/mol. The van der Waals surface area contributed by atoms with E-state index in [1.807, 2.05) is 12.2 Å². The Morgan fingerprint density at radius 3 is 2.74 bits per heavy atom. The molecule has 0 aromatic heterocycles. The summed E-state index contributed by atoms with van der Waals surface area (Å²) in [6, 6.07) is 4.27. The average Bonchev–Trinajstić information content (AvgIpc) is 2.39. The van der Waals surface area contributed by atoms with E-state index in [9.17, 15) is 9.59 Å². The number of nitrogens with zero attached hydrogens (tertiary/aromatic N) is 1. The van der Waals surface area contributed by atoms with Crippen LogP contribution in [0.2, 0.25) is 5.02 Å². The number of hydrogen-bond donors (Lipinski definition) is 2. The smallest absolute Gasteiger partial charge is 0.339 e. The van der Waals surface area contributed by atoms with E-state index in [2.05, 4.69) is 5.32 Å². The molecule has 0 unspecified atom stereocenters. The van der Waals surface area contributed by atoms with Crippen molar-refractivity contribution >= 4 is 29.3 Å². The van der Waals surface area contributed by atoms with E-state index in [0.717, 1.165) is 6.42 Å². The molecule has 0 atom stereocenters. The summed E-state index contributed by atoms with van der Waals surface area (Å²) in [6.07, 6.45) is 4.71. The standard InChI is InChI=1S/C13H13ClN2O3/c14-9-5-4-6-10(11(9)12(17)18)15-13(19)16-7-2-1-3-8-16/h1-2,4-6H,3,7-8H2,(H,15,19)(H,17,18). The quantitative estimate of drug-likeness (QED) is 0.819. The third-order valence-electron chi connectivity index (χ3n) is 2.81. The van der Waals surface area contributed by atoms with E-state index >= 15 is 0 Å². The van der Waals surface area contributed by atoms with Crippen LogP contribution in [-0.4, -0.2) is 35.1 Å². The molecule has 0 saturated heterocycles. The van der Waals surface area contributed by atoms with Gasteiger partial charge in [0.15, 0.2) is 0 Å². The molecule has 2 rings (SSSR count). The Balaban J connectivity index is 2.19. The van der Waals surface area contributed by atoms with E-state index in [1.54, 1.807) is 11.0 Å². The number of carbonyl (C=O) groups is 2. The highest BCUT2D eigenvalue weighted by molar-refractivity contribution is 6.34. The van der Waals surface area contributed by atoms with Crippen molar-refractivity contribution in [3.8, 4) is 0 Å². The molecule has 5 nitrogen and oxygen atoms in total. The van der Waals surface area contributed by atoms with Crippen LogP contribution >= 0.6 is 11.6 Å². The minimum atomic E-state index is -1.17. The second-order valence-corrected chi connectivity index (χ2v) is 4.51. The first kappa shape index (κ1) is 13.4. The van der Waals surface area contributed by atoms with Crippen LogP contribution in [0, 0.1) is 0 Å². The van der Waals surface area contributed by atoms with Gasteiger partial charge in [0.05, 0.1) is 10.7 Å². The maximum absolute atomic E-state index is 12.0. The van der Waals surface area contributed by atoms with Crippen LogP contribution in [0.5, 0.6) is 0 Å². The van der Waals surface area contributed by atoms with Crippen LogP contribution in [0.15, 0.2) is 30.4 Å². The van der Waals surface area contributed by atoms with E-state index in [4.69, 9.17) is 16.7 Å². The van der Waals surface area contributed by atoms with Crippen LogP contribution in [0.25, 0.3) is 0 Å². The van der Waals surface area contributed by atoms with Crippen molar-refractivity contribution in [1.29, 1.82) is 0 Å². The number of halogens is 1. The topological polar surface area (TPSA) is 69.6 Å². The zero-order valence-corrected chi connectivity index (χ0v) is 10.9. The van der Waals surface area contributed by atoms with Crippen molar-refractivity contribution in [2.45, 2.75) is 6.42 Å². The molecule has 0 spiro atoms. The van der Waals surface area contributed by atoms with E-state index in [-0.39, 0.29) is 22.3 Å². The molecule has 0 radical (unpaired) electrons. The first-order valence-corrected chi connectivity index (χ1v) is 6.20. The van der Waals surface area contributed by atoms with Gasteiger partial charge in [-0.3, -0.25) is 0 Å². The zero-order valence-electron chi connectivity index (χ0n) is 10.1. The van der Waals surface area contributed by atoms with Crippen molar-refractivity contribution in [2.75, 3.05) is 18.4 Å². The summed E-state index contributed by atoms with van der Waals surface area (Å²) >= 11 is 5.84. The fraction of sp³-hybridized carbons (Fsp3) is 0.231. The average molecular weight is 281 g/mol. The van der Waals surface area contributed by atoms with E-state index in [0.29, 0.717) is 13.1 Å². The van der Waals surface area contributed by atoms with Crippen molar-refractivity contribution in [2.24, 2.45) is 0 Å². The van der Waals surface area contributed by atoms with Gasteiger partial charge in [-0.1, -0.05) is 29.8 Å². The number of carbonyl (C=O) groups excluding carboxylic acids is 1. The molecular weight excluding hydrogens is 268 g/mol. The number of hydrogen-bond acceptors (Lipinski definition) is 2. The van der Waals surface area contributed by atoms with Gasteiger partial charge in [0.1, 0.15) is 5.56 Å². The predicted molar refractivity (Wildman–Crippen MR) is 72.8 cm³/mol. The summed E-state index contributed by atoms with van der Waals surface area (Å²) < 4.78 is 0. The van der Waals surface area contributed by atoms with Crippen molar-refractivity contribution in [3.63, 3.8) is 0 Å². The summed E-state index contributed by atoms with van der Waals surface area (Å²) in [6.45, 7) is 1.14. The lowest BCUT2D eigenvalue weighted by Gasteiger charge is -2.24. The number of aromatic carboxylic acids is 1. The molecule has 0 fully saturated rings. The lowest BCUT2D eigenvalue weighted by atomic mass is 10.2. The normalized spacial score (nSPS) is 14.3. The Hall–Kier alpha value is -2.01. The molecule has 100 valence electrons. The molecule has 1 heterocycles. The number of carboxylic acid groups (broad SMARTS) is 1.